The summed E-state index contributed by atoms with van der Waals surface area (Å²) < 4.78 is 10.2. The molecule has 0 radical (unpaired) electrons. The minimum atomic E-state index is -0.391. The van der Waals surface area contributed by atoms with Crippen LogP contribution in [-0.4, -0.2) is 12.9 Å². The molecule has 2 aromatic rings. The van der Waals surface area contributed by atoms with E-state index in [-0.39, 0.29) is 6.61 Å². The second-order valence-electron chi connectivity index (χ2n) is 3.38. The molecule has 1 heterocycles. The summed E-state index contributed by atoms with van der Waals surface area (Å²) in [4.78, 5) is 21.3. The number of ether oxygens (including phenoxy) is 1. The summed E-state index contributed by atoms with van der Waals surface area (Å²) in [5, 5.41) is 0.859. The lowest BCUT2D eigenvalue weighted by Gasteiger charge is -2.04. The molecular formula is C12H10O4. The van der Waals surface area contributed by atoms with Crippen LogP contribution in [-0.2, 0) is 4.79 Å². The molecule has 0 N–H and O–H groups in total. The Morgan fingerprint density at radius 2 is 2.19 bits per heavy atom. The first-order chi connectivity index (χ1) is 7.70. The van der Waals surface area contributed by atoms with E-state index in [2.05, 4.69) is 0 Å². The third-order valence-electron chi connectivity index (χ3n) is 2.24. The predicted octanol–water partition coefficient (Wildman–Crippen LogP) is 1.68. The summed E-state index contributed by atoms with van der Waals surface area (Å²) in [6.07, 6.45) is 0.663. The van der Waals surface area contributed by atoms with Crippen molar-refractivity contribution in [3.05, 3.63) is 40.2 Å². The van der Waals surface area contributed by atoms with Gasteiger partial charge < -0.3 is 9.15 Å². The molecule has 82 valence electrons. The lowest BCUT2D eigenvalue weighted by atomic mass is 10.1. The van der Waals surface area contributed by atoms with Gasteiger partial charge in [0, 0.05) is 17.5 Å². The maximum Gasteiger partial charge on any atom is 0.336 e. The van der Waals surface area contributed by atoms with Crippen LogP contribution in [0.4, 0.5) is 0 Å². The zero-order valence-electron chi connectivity index (χ0n) is 8.73. The first-order valence-corrected chi connectivity index (χ1v) is 4.81. The molecule has 0 amide bonds. The summed E-state index contributed by atoms with van der Waals surface area (Å²) in [7, 11) is 0. The van der Waals surface area contributed by atoms with Crippen molar-refractivity contribution in [1.29, 1.82) is 0 Å². The molecule has 0 spiro atoms. The van der Waals surface area contributed by atoms with Crippen molar-refractivity contribution in [3.63, 3.8) is 0 Å². The topological polar surface area (TPSA) is 56.5 Å². The molecule has 0 saturated carbocycles. The molecule has 2 rings (SSSR count). The summed E-state index contributed by atoms with van der Waals surface area (Å²) in [5.74, 6) is 0.508. The van der Waals surface area contributed by atoms with Gasteiger partial charge in [-0.05, 0) is 24.6 Å². The molecule has 0 aliphatic rings. The largest absolute Gasteiger partial charge is 0.486 e. The Bertz CT molecular complexity index is 583. The zero-order chi connectivity index (χ0) is 11.5. The van der Waals surface area contributed by atoms with Crippen LogP contribution in [0.3, 0.4) is 0 Å². The van der Waals surface area contributed by atoms with Gasteiger partial charge in [-0.25, -0.2) is 4.79 Å². The van der Waals surface area contributed by atoms with Crippen LogP contribution in [0.2, 0.25) is 0 Å². The van der Waals surface area contributed by atoms with E-state index in [4.69, 9.17) is 9.15 Å². The summed E-state index contributed by atoms with van der Waals surface area (Å²) in [6.45, 7) is 1.83. The minimum absolute atomic E-state index is 0.0123. The highest BCUT2D eigenvalue weighted by molar-refractivity contribution is 5.81. The molecule has 0 aliphatic heterocycles. The SMILES string of the molecule is Cc1cc(=O)oc2cc(OCC=O)ccc12. The van der Waals surface area contributed by atoms with Gasteiger partial charge in [0.25, 0.3) is 0 Å². The van der Waals surface area contributed by atoms with Gasteiger partial charge >= 0.3 is 5.63 Å². The molecule has 4 nitrogen and oxygen atoms in total. The van der Waals surface area contributed by atoms with Gasteiger partial charge in [-0.2, -0.15) is 0 Å². The van der Waals surface area contributed by atoms with E-state index < -0.39 is 5.63 Å². The maximum atomic E-state index is 11.2. The highest BCUT2D eigenvalue weighted by Crippen LogP contribution is 2.21. The standard InChI is InChI=1S/C12H10O4/c1-8-6-12(14)16-11-7-9(15-5-4-13)2-3-10(8)11/h2-4,6-7H,5H2,1H3. The number of aryl methyl sites for hydroxylation is 1. The van der Waals surface area contributed by atoms with Gasteiger partial charge in [0.2, 0.25) is 0 Å². The zero-order valence-corrected chi connectivity index (χ0v) is 8.73. The van der Waals surface area contributed by atoms with Gasteiger partial charge in [-0.15, -0.1) is 0 Å². The number of carbonyl (C=O) groups is 1. The third-order valence-corrected chi connectivity index (χ3v) is 2.24. The van der Waals surface area contributed by atoms with Crippen LogP contribution in [0.5, 0.6) is 5.75 Å². The van der Waals surface area contributed by atoms with Crippen molar-refractivity contribution < 1.29 is 13.9 Å². The molecule has 0 atom stereocenters. The van der Waals surface area contributed by atoms with Gasteiger partial charge in [0.05, 0.1) is 0 Å². The number of rotatable bonds is 3. The molecular weight excluding hydrogens is 208 g/mol. The van der Waals surface area contributed by atoms with E-state index in [1.54, 1.807) is 18.2 Å². The molecule has 0 aliphatic carbocycles. The van der Waals surface area contributed by atoms with E-state index in [0.717, 1.165) is 10.9 Å². The molecule has 4 heteroatoms. The van der Waals surface area contributed by atoms with E-state index in [0.29, 0.717) is 17.6 Å². The van der Waals surface area contributed by atoms with Crippen molar-refractivity contribution in [1.82, 2.24) is 0 Å². The van der Waals surface area contributed by atoms with Crippen molar-refractivity contribution >= 4 is 17.3 Å². The van der Waals surface area contributed by atoms with Crippen molar-refractivity contribution in [2.24, 2.45) is 0 Å². The highest BCUT2D eigenvalue weighted by Gasteiger charge is 2.03. The minimum Gasteiger partial charge on any atom is -0.486 e. The average molecular weight is 218 g/mol. The Kier molecular flexibility index (Phi) is 2.72. The first kappa shape index (κ1) is 10.4. The molecule has 0 saturated heterocycles. The Balaban J connectivity index is 2.52. The second kappa shape index (κ2) is 4.18. The fourth-order valence-corrected chi connectivity index (χ4v) is 1.53. The number of aldehydes is 1. The average Bonchev–Trinajstić information content (AvgIpc) is 2.25. The fraction of sp³-hybridized carbons (Fsp3) is 0.167. The lowest BCUT2D eigenvalue weighted by Crippen LogP contribution is -2.00. The normalized spacial score (nSPS) is 10.3. The maximum absolute atomic E-state index is 11.2. The Hall–Kier alpha value is -2.10. The molecule has 0 fully saturated rings. The number of hydrogen-bond acceptors (Lipinski definition) is 4. The van der Waals surface area contributed by atoms with Crippen LogP contribution in [0.1, 0.15) is 5.56 Å². The number of carbonyl (C=O) groups excluding carboxylic acids is 1. The number of benzene rings is 1. The highest BCUT2D eigenvalue weighted by atomic mass is 16.5. The van der Waals surface area contributed by atoms with Gasteiger partial charge in [0.15, 0.2) is 6.29 Å². The lowest BCUT2D eigenvalue weighted by molar-refractivity contribution is -0.109. The molecule has 1 aromatic carbocycles. The van der Waals surface area contributed by atoms with Gasteiger partial charge in [-0.1, -0.05) is 0 Å². The van der Waals surface area contributed by atoms with E-state index >= 15 is 0 Å². The van der Waals surface area contributed by atoms with Crippen LogP contribution in [0, 0.1) is 6.92 Å². The number of fused-ring (bicyclic) bond motifs is 1. The Labute approximate surface area is 91.4 Å². The van der Waals surface area contributed by atoms with Crippen LogP contribution in [0.25, 0.3) is 11.0 Å². The van der Waals surface area contributed by atoms with Crippen LogP contribution < -0.4 is 10.4 Å². The first-order valence-electron chi connectivity index (χ1n) is 4.81. The predicted molar refractivity (Wildman–Crippen MR) is 58.8 cm³/mol. The van der Waals surface area contributed by atoms with Crippen LogP contribution in [0.15, 0.2) is 33.5 Å². The molecule has 0 bridgehead atoms. The smallest absolute Gasteiger partial charge is 0.336 e. The second-order valence-corrected chi connectivity index (χ2v) is 3.38. The van der Waals surface area contributed by atoms with Gasteiger partial charge in [-0.3, -0.25) is 4.79 Å². The molecule has 16 heavy (non-hydrogen) atoms. The summed E-state index contributed by atoms with van der Waals surface area (Å²) in [6, 6.07) is 6.58. The summed E-state index contributed by atoms with van der Waals surface area (Å²) >= 11 is 0. The monoisotopic (exact) mass is 218 g/mol. The Morgan fingerprint density at radius 1 is 1.38 bits per heavy atom. The van der Waals surface area contributed by atoms with E-state index in [1.165, 1.54) is 6.07 Å². The van der Waals surface area contributed by atoms with Crippen molar-refractivity contribution in [3.8, 4) is 5.75 Å². The summed E-state index contributed by atoms with van der Waals surface area (Å²) in [5.41, 5.74) is 0.930. The van der Waals surface area contributed by atoms with E-state index in [9.17, 15) is 9.59 Å². The molecule has 0 unspecified atom stereocenters. The molecule has 1 aromatic heterocycles. The van der Waals surface area contributed by atoms with E-state index in [1.807, 2.05) is 6.92 Å². The number of hydrogen-bond donors (Lipinski definition) is 0. The fourth-order valence-electron chi connectivity index (χ4n) is 1.53. The van der Waals surface area contributed by atoms with Crippen molar-refractivity contribution in [2.75, 3.05) is 6.61 Å². The van der Waals surface area contributed by atoms with Crippen LogP contribution >= 0.6 is 0 Å². The van der Waals surface area contributed by atoms with Gasteiger partial charge in [0.1, 0.15) is 17.9 Å². The Morgan fingerprint density at radius 3 is 2.94 bits per heavy atom. The van der Waals surface area contributed by atoms with Crippen molar-refractivity contribution in [2.45, 2.75) is 6.92 Å². The quantitative estimate of drug-likeness (QED) is 0.581. The third kappa shape index (κ3) is 1.95.